The SMILES string of the molecule is CCOC(=O)/C=C/C(=O)OCC(=O)Nc1ccc([N+](=O)[O-])cc1C(F)(F)F. The zero-order valence-corrected chi connectivity index (χ0v) is 13.7. The summed E-state index contributed by atoms with van der Waals surface area (Å²) in [5.41, 5.74) is -2.98. The molecule has 0 atom stereocenters. The molecule has 0 aliphatic carbocycles. The number of nitro benzene ring substituents is 1. The third kappa shape index (κ3) is 7.13. The summed E-state index contributed by atoms with van der Waals surface area (Å²) in [6.07, 6.45) is -3.53. The van der Waals surface area contributed by atoms with Crippen LogP contribution >= 0.6 is 0 Å². The van der Waals surface area contributed by atoms with E-state index in [2.05, 4.69) is 9.47 Å². The number of ether oxygens (including phenoxy) is 2. The molecule has 0 radical (unpaired) electrons. The first kappa shape index (κ1) is 21.6. The zero-order valence-electron chi connectivity index (χ0n) is 13.7. The van der Waals surface area contributed by atoms with Crippen molar-refractivity contribution in [3.63, 3.8) is 0 Å². The highest BCUT2D eigenvalue weighted by atomic mass is 19.4. The van der Waals surface area contributed by atoms with E-state index in [1.165, 1.54) is 0 Å². The van der Waals surface area contributed by atoms with E-state index < -0.39 is 52.5 Å². The molecular formula is C15H13F3N2O7. The van der Waals surface area contributed by atoms with Crippen LogP contribution in [0.2, 0.25) is 0 Å². The van der Waals surface area contributed by atoms with Crippen molar-refractivity contribution in [2.24, 2.45) is 0 Å². The molecule has 0 aromatic heterocycles. The molecule has 0 saturated carbocycles. The Hall–Kier alpha value is -3.44. The molecule has 9 nitrogen and oxygen atoms in total. The summed E-state index contributed by atoms with van der Waals surface area (Å²) in [6.45, 7) is 0.680. The Labute approximate surface area is 149 Å². The van der Waals surface area contributed by atoms with Crippen molar-refractivity contribution in [2.45, 2.75) is 13.1 Å². The molecular weight excluding hydrogens is 377 g/mol. The number of hydrogen-bond donors (Lipinski definition) is 1. The molecule has 1 aromatic carbocycles. The van der Waals surface area contributed by atoms with E-state index in [0.717, 1.165) is 12.1 Å². The molecule has 12 heteroatoms. The van der Waals surface area contributed by atoms with Crippen LogP contribution in [-0.4, -0.2) is 36.0 Å². The van der Waals surface area contributed by atoms with Crippen molar-refractivity contribution in [1.29, 1.82) is 0 Å². The maximum absolute atomic E-state index is 13.0. The first-order chi connectivity index (χ1) is 12.5. The van der Waals surface area contributed by atoms with Gasteiger partial charge in [-0.25, -0.2) is 9.59 Å². The highest BCUT2D eigenvalue weighted by Crippen LogP contribution is 2.37. The number of nitro groups is 1. The lowest BCUT2D eigenvalue weighted by atomic mass is 10.1. The van der Waals surface area contributed by atoms with Gasteiger partial charge in [-0.1, -0.05) is 0 Å². The third-order valence-corrected chi connectivity index (χ3v) is 2.78. The number of rotatable bonds is 7. The Bertz CT molecular complexity index is 775. The maximum atomic E-state index is 13.0. The standard InChI is InChI=1S/C15H13F3N2O7/c1-2-26-13(22)5-6-14(23)27-8-12(21)19-11-4-3-9(20(24)25)7-10(11)15(16,17)18/h3-7H,2,8H2,1H3,(H,19,21)/b6-5+. The molecule has 1 rings (SSSR count). The summed E-state index contributed by atoms with van der Waals surface area (Å²) in [5.74, 6) is -3.04. The number of anilines is 1. The number of halogens is 3. The fraction of sp³-hybridized carbons (Fsp3) is 0.267. The Kier molecular flexibility index (Phi) is 7.45. The second-order valence-corrected chi connectivity index (χ2v) is 4.73. The topological polar surface area (TPSA) is 125 Å². The maximum Gasteiger partial charge on any atom is 0.418 e. The molecule has 0 aliphatic rings. The highest BCUT2D eigenvalue weighted by molar-refractivity contribution is 5.96. The zero-order chi connectivity index (χ0) is 20.6. The van der Waals surface area contributed by atoms with E-state index in [4.69, 9.17) is 0 Å². The van der Waals surface area contributed by atoms with E-state index in [1.807, 2.05) is 5.32 Å². The number of nitrogens with one attached hydrogen (secondary N) is 1. The molecule has 1 amide bonds. The normalized spacial score (nSPS) is 11.1. The Balaban J connectivity index is 2.76. The lowest BCUT2D eigenvalue weighted by Gasteiger charge is -2.13. The molecule has 146 valence electrons. The Morgan fingerprint density at radius 3 is 2.30 bits per heavy atom. The Morgan fingerprint density at radius 1 is 1.19 bits per heavy atom. The van der Waals surface area contributed by atoms with E-state index >= 15 is 0 Å². The van der Waals surface area contributed by atoms with Gasteiger partial charge in [0.05, 0.1) is 22.8 Å². The number of hydrogen-bond acceptors (Lipinski definition) is 7. The summed E-state index contributed by atoms with van der Waals surface area (Å²) in [5, 5.41) is 12.4. The van der Waals surface area contributed by atoms with Gasteiger partial charge in [0, 0.05) is 24.3 Å². The molecule has 0 bridgehead atoms. The van der Waals surface area contributed by atoms with Crippen LogP contribution in [0.1, 0.15) is 12.5 Å². The second-order valence-electron chi connectivity index (χ2n) is 4.73. The largest absolute Gasteiger partial charge is 0.463 e. The summed E-state index contributed by atoms with van der Waals surface area (Å²) < 4.78 is 47.9. The van der Waals surface area contributed by atoms with Crippen molar-refractivity contribution >= 4 is 29.2 Å². The summed E-state index contributed by atoms with van der Waals surface area (Å²) in [7, 11) is 0. The van der Waals surface area contributed by atoms with Gasteiger partial charge in [0.2, 0.25) is 0 Å². The van der Waals surface area contributed by atoms with Crippen molar-refractivity contribution in [3.8, 4) is 0 Å². The number of alkyl halides is 3. The van der Waals surface area contributed by atoms with Gasteiger partial charge < -0.3 is 14.8 Å². The number of carbonyl (C=O) groups excluding carboxylic acids is 3. The van der Waals surface area contributed by atoms with E-state index in [0.29, 0.717) is 12.1 Å². The monoisotopic (exact) mass is 390 g/mol. The highest BCUT2D eigenvalue weighted by Gasteiger charge is 2.35. The van der Waals surface area contributed by atoms with Gasteiger partial charge in [-0.2, -0.15) is 13.2 Å². The fourth-order valence-electron chi connectivity index (χ4n) is 1.69. The number of benzene rings is 1. The van der Waals surface area contributed by atoms with Gasteiger partial charge in [-0.15, -0.1) is 0 Å². The third-order valence-electron chi connectivity index (χ3n) is 2.78. The van der Waals surface area contributed by atoms with Crippen LogP contribution in [0.15, 0.2) is 30.4 Å². The van der Waals surface area contributed by atoms with Crippen molar-refractivity contribution < 1.29 is 42.0 Å². The van der Waals surface area contributed by atoms with Crippen molar-refractivity contribution in [3.05, 3.63) is 46.0 Å². The minimum Gasteiger partial charge on any atom is -0.463 e. The quantitative estimate of drug-likeness (QED) is 0.327. The van der Waals surface area contributed by atoms with Gasteiger partial charge in [0.15, 0.2) is 6.61 Å². The molecule has 1 aromatic rings. The van der Waals surface area contributed by atoms with Crippen molar-refractivity contribution in [2.75, 3.05) is 18.5 Å². The van der Waals surface area contributed by atoms with Gasteiger partial charge in [0.25, 0.3) is 11.6 Å². The van der Waals surface area contributed by atoms with E-state index in [-0.39, 0.29) is 12.7 Å². The number of amides is 1. The summed E-state index contributed by atoms with van der Waals surface area (Å²) in [4.78, 5) is 43.5. The fourth-order valence-corrected chi connectivity index (χ4v) is 1.69. The number of carbonyl (C=O) groups is 3. The van der Waals surface area contributed by atoms with Crippen LogP contribution < -0.4 is 5.32 Å². The van der Waals surface area contributed by atoms with Crippen LogP contribution in [0, 0.1) is 10.1 Å². The average Bonchev–Trinajstić information content (AvgIpc) is 2.57. The van der Waals surface area contributed by atoms with E-state index in [9.17, 15) is 37.7 Å². The lowest BCUT2D eigenvalue weighted by Crippen LogP contribution is -2.22. The van der Waals surface area contributed by atoms with Crippen LogP contribution in [0.4, 0.5) is 24.5 Å². The van der Waals surface area contributed by atoms with Crippen LogP contribution in [0.25, 0.3) is 0 Å². The first-order valence-corrected chi connectivity index (χ1v) is 7.21. The van der Waals surface area contributed by atoms with Gasteiger partial charge in [-0.05, 0) is 13.0 Å². The molecule has 0 aliphatic heterocycles. The van der Waals surface area contributed by atoms with Crippen LogP contribution in [0.5, 0.6) is 0 Å². The Morgan fingerprint density at radius 2 is 1.78 bits per heavy atom. The molecule has 0 fully saturated rings. The molecule has 0 heterocycles. The summed E-state index contributed by atoms with van der Waals surface area (Å²) in [6, 6.07) is 1.75. The predicted molar refractivity (Wildman–Crippen MR) is 83.5 cm³/mol. The molecule has 1 N–H and O–H groups in total. The van der Waals surface area contributed by atoms with Crippen LogP contribution in [0.3, 0.4) is 0 Å². The molecule has 0 saturated heterocycles. The average molecular weight is 390 g/mol. The first-order valence-electron chi connectivity index (χ1n) is 7.21. The van der Waals surface area contributed by atoms with Crippen LogP contribution in [-0.2, 0) is 30.0 Å². The van der Waals surface area contributed by atoms with Crippen molar-refractivity contribution in [1.82, 2.24) is 0 Å². The minimum absolute atomic E-state index is 0.0808. The smallest absolute Gasteiger partial charge is 0.418 e. The van der Waals surface area contributed by atoms with Gasteiger partial charge in [-0.3, -0.25) is 14.9 Å². The predicted octanol–water partition coefficient (Wildman–Crippen LogP) is 2.21. The second kappa shape index (κ2) is 9.31. The van der Waals surface area contributed by atoms with Gasteiger partial charge in [0.1, 0.15) is 0 Å². The minimum atomic E-state index is -4.96. The number of nitrogens with zero attached hydrogens (tertiary/aromatic N) is 1. The molecule has 0 unspecified atom stereocenters. The summed E-state index contributed by atoms with van der Waals surface area (Å²) >= 11 is 0. The lowest BCUT2D eigenvalue weighted by molar-refractivity contribution is -0.385. The number of non-ortho nitro benzene ring substituents is 1. The molecule has 0 spiro atoms. The van der Waals surface area contributed by atoms with Gasteiger partial charge >= 0.3 is 18.1 Å². The number of esters is 2. The molecule has 27 heavy (non-hydrogen) atoms. The van der Waals surface area contributed by atoms with E-state index in [1.54, 1.807) is 6.92 Å².